The van der Waals surface area contributed by atoms with Gasteiger partial charge in [-0.15, -0.1) is 11.8 Å². The van der Waals surface area contributed by atoms with E-state index in [1.54, 1.807) is 23.7 Å². The summed E-state index contributed by atoms with van der Waals surface area (Å²) in [4.78, 5) is 28.4. The molecule has 0 N–H and O–H groups in total. The molecule has 1 heterocycles. The van der Waals surface area contributed by atoms with E-state index in [-0.39, 0.29) is 28.3 Å². The molecule has 27 heavy (non-hydrogen) atoms. The van der Waals surface area contributed by atoms with Crippen LogP contribution in [0.3, 0.4) is 0 Å². The van der Waals surface area contributed by atoms with Gasteiger partial charge in [0.15, 0.2) is 0 Å². The molecule has 0 bridgehead atoms. The molecule has 3 rings (SSSR count). The lowest BCUT2D eigenvalue weighted by Crippen LogP contribution is -2.39. The van der Waals surface area contributed by atoms with Crippen LogP contribution in [0, 0.1) is 5.82 Å². The maximum Gasteiger partial charge on any atom is 0.253 e. The predicted molar refractivity (Wildman–Crippen MR) is 106 cm³/mol. The highest BCUT2D eigenvalue weighted by Crippen LogP contribution is 2.44. The van der Waals surface area contributed by atoms with Crippen LogP contribution >= 0.6 is 23.4 Å². The van der Waals surface area contributed by atoms with Crippen LogP contribution in [0.5, 0.6) is 0 Å². The molecule has 2 atom stereocenters. The van der Waals surface area contributed by atoms with Gasteiger partial charge in [-0.05, 0) is 37.3 Å². The second-order valence-corrected chi connectivity index (χ2v) is 8.25. The number of likely N-dealkylation sites (N-methyl/N-ethyl adjacent to an activating group) is 1. The second-order valence-electron chi connectivity index (χ2n) is 6.42. The fraction of sp³-hybridized carbons (Fsp3) is 0.300. The van der Waals surface area contributed by atoms with Gasteiger partial charge in [-0.1, -0.05) is 29.8 Å². The molecular weight excluding hydrogens is 387 g/mol. The second kappa shape index (κ2) is 8.31. The molecule has 4 nitrogen and oxygen atoms in total. The Morgan fingerprint density at radius 2 is 1.89 bits per heavy atom. The van der Waals surface area contributed by atoms with Gasteiger partial charge in [-0.3, -0.25) is 9.59 Å². The SMILES string of the molecule is C[C@@H]1S[C@H](c2ccccc2Cl)N(CCN(C)C(=O)c2ccc(F)cc2)C1=O. The summed E-state index contributed by atoms with van der Waals surface area (Å²) in [5.74, 6) is -0.561. The van der Waals surface area contributed by atoms with Crippen molar-refractivity contribution in [3.8, 4) is 0 Å². The minimum Gasteiger partial charge on any atom is -0.340 e. The van der Waals surface area contributed by atoms with Gasteiger partial charge in [-0.25, -0.2) is 4.39 Å². The average molecular weight is 407 g/mol. The van der Waals surface area contributed by atoms with Gasteiger partial charge in [0.05, 0.1) is 5.25 Å². The fourth-order valence-corrected chi connectivity index (χ4v) is 4.64. The lowest BCUT2D eigenvalue weighted by molar-refractivity contribution is -0.129. The molecule has 0 spiro atoms. The number of hydrogen-bond acceptors (Lipinski definition) is 3. The molecule has 1 aliphatic heterocycles. The highest BCUT2D eigenvalue weighted by atomic mass is 35.5. The van der Waals surface area contributed by atoms with Crippen LogP contribution in [-0.4, -0.2) is 47.0 Å². The lowest BCUT2D eigenvalue weighted by Gasteiger charge is -2.27. The van der Waals surface area contributed by atoms with E-state index in [2.05, 4.69) is 0 Å². The van der Waals surface area contributed by atoms with E-state index < -0.39 is 0 Å². The van der Waals surface area contributed by atoms with Crippen LogP contribution in [0.1, 0.15) is 28.2 Å². The zero-order valence-electron chi connectivity index (χ0n) is 15.1. The molecule has 0 saturated carbocycles. The summed E-state index contributed by atoms with van der Waals surface area (Å²) >= 11 is 7.88. The molecule has 2 aromatic carbocycles. The van der Waals surface area contributed by atoms with Crippen molar-refractivity contribution in [3.05, 3.63) is 70.5 Å². The Bertz CT molecular complexity index is 846. The molecular formula is C20H20ClFN2O2S. The van der Waals surface area contributed by atoms with Gasteiger partial charge in [0.25, 0.3) is 5.91 Å². The number of halogens is 2. The molecule has 0 unspecified atom stereocenters. The molecule has 0 aliphatic carbocycles. The number of hydrogen-bond donors (Lipinski definition) is 0. The predicted octanol–water partition coefficient (Wildman–Crippen LogP) is 4.21. The van der Waals surface area contributed by atoms with E-state index in [0.717, 1.165) is 5.56 Å². The first-order valence-electron chi connectivity index (χ1n) is 8.60. The third-order valence-electron chi connectivity index (χ3n) is 4.53. The number of amides is 2. The smallest absolute Gasteiger partial charge is 0.253 e. The van der Waals surface area contributed by atoms with Crippen molar-refractivity contribution in [1.82, 2.24) is 9.80 Å². The summed E-state index contributed by atoms with van der Waals surface area (Å²) in [6.07, 6.45) is 0. The first-order chi connectivity index (χ1) is 12.9. The van der Waals surface area contributed by atoms with Crippen LogP contribution < -0.4 is 0 Å². The number of nitrogens with zero attached hydrogens (tertiary/aromatic N) is 2. The molecule has 1 aliphatic rings. The minimum absolute atomic E-state index is 0.0348. The highest BCUT2D eigenvalue weighted by Gasteiger charge is 2.39. The zero-order chi connectivity index (χ0) is 19.6. The minimum atomic E-state index is -0.384. The molecule has 7 heteroatoms. The van der Waals surface area contributed by atoms with E-state index in [0.29, 0.717) is 23.7 Å². The third-order valence-corrected chi connectivity index (χ3v) is 6.25. The summed E-state index contributed by atoms with van der Waals surface area (Å²) in [5.41, 5.74) is 1.31. The summed E-state index contributed by atoms with van der Waals surface area (Å²) in [5, 5.41) is 0.289. The molecule has 2 amide bonds. The Kier molecular flexibility index (Phi) is 6.07. The maximum absolute atomic E-state index is 13.0. The van der Waals surface area contributed by atoms with E-state index in [1.165, 1.54) is 29.2 Å². The van der Waals surface area contributed by atoms with Crippen LogP contribution in [0.25, 0.3) is 0 Å². The Balaban J connectivity index is 1.71. The normalized spacial score (nSPS) is 19.4. The van der Waals surface area contributed by atoms with Gasteiger partial charge < -0.3 is 9.80 Å². The van der Waals surface area contributed by atoms with E-state index in [9.17, 15) is 14.0 Å². The van der Waals surface area contributed by atoms with E-state index >= 15 is 0 Å². The van der Waals surface area contributed by atoms with Crippen LogP contribution in [0.4, 0.5) is 4.39 Å². The van der Waals surface area contributed by atoms with Gasteiger partial charge >= 0.3 is 0 Å². The maximum atomic E-state index is 13.0. The number of thioether (sulfide) groups is 1. The number of carbonyl (C=O) groups is 2. The van der Waals surface area contributed by atoms with Crippen molar-refractivity contribution in [1.29, 1.82) is 0 Å². The topological polar surface area (TPSA) is 40.6 Å². The van der Waals surface area contributed by atoms with Crippen LogP contribution in [0.15, 0.2) is 48.5 Å². The number of carbonyl (C=O) groups excluding carboxylic acids is 2. The van der Waals surface area contributed by atoms with Crippen LogP contribution in [-0.2, 0) is 4.79 Å². The Morgan fingerprint density at radius 1 is 1.22 bits per heavy atom. The highest BCUT2D eigenvalue weighted by molar-refractivity contribution is 8.01. The largest absolute Gasteiger partial charge is 0.340 e. The number of rotatable bonds is 5. The summed E-state index contributed by atoms with van der Waals surface area (Å²) in [6.45, 7) is 2.65. The lowest BCUT2D eigenvalue weighted by atomic mass is 10.2. The monoisotopic (exact) mass is 406 g/mol. The van der Waals surface area contributed by atoms with Gasteiger partial charge in [0.2, 0.25) is 5.91 Å². The summed E-state index contributed by atoms with van der Waals surface area (Å²) in [7, 11) is 1.67. The summed E-state index contributed by atoms with van der Waals surface area (Å²) < 4.78 is 13.0. The molecule has 2 aromatic rings. The van der Waals surface area contributed by atoms with Gasteiger partial charge in [0, 0.05) is 36.3 Å². The standard InChI is InChI=1S/C20H20ClFN2O2S/c1-13-18(25)24(20(27-13)16-5-3-4-6-17(16)21)12-11-23(2)19(26)14-7-9-15(22)10-8-14/h3-10,13,20H,11-12H2,1-2H3/t13-,20+/m0/s1. The Morgan fingerprint density at radius 3 is 2.56 bits per heavy atom. The Hall–Kier alpha value is -2.05. The third kappa shape index (κ3) is 4.28. The quantitative estimate of drug-likeness (QED) is 0.746. The van der Waals surface area contributed by atoms with Crippen molar-refractivity contribution < 1.29 is 14.0 Å². The molecule has 1 saturated heterocycles. The van der Waals surface area contributed by atoms with Crippen LogP contribution in [0.2, 0.25) is 5.02 Å². The van der Waals surface area contributed by atoms with Crippen molar-refractivity contribution in [2.75, 3.05) is 20.1 Å². The molecule has 0 radical (unpaired) electrons. The van der Waals surface area contributed by atoms with Crippen molar-refractivity contribution in [2.24, 2.45) is 0 Å². The van der Waals surface area contributed by atoms with Crippen molar-refractivity contribution in [2.45, 2.75) is 17.5 Å². The number of benzene rings is 2. The average Bonchev–Trinajstić information content (AvgIpc) is 2.94. The van der Waals surface area contributed by atoms with Gasteiger partial charge in [0.1, 0.15) is 11.2 Å². The Labute approximate surface area is 167 Å². The molecule has 0 aromatic heterocycles. The van der Waals surface area contributed by atoms with Gasteiger partial charge in [-0.2, -0.15) is 0 Å². The first kappa shape index (κ1) is 19.7. The first-order valence-corrected chi connectivity index (χ1v) is 9.92. The van der Waals surface area contributed by atoms with Crippen molar-refractivity contribution >= 4 is 35.2 Å². The van der Waals surface area contributed by atoms with E-state index in [1.807, 2.05) is 31.2 Å². The summed E-state index contributed by atoms with van der Waals surface area (Å²) in [6, 6.07) is 12.9. The molecule has 142 valence electrons. The van der Waals surface area contributed by atoms with Crippen molar-refractivity contribution in [3.63, 3.8) is 0 Å². The fourth-order valence-electron chi connectivity index (χ4n) is 2.99. The van der Waals surface area contributed by atoms with E-state index in [4.69, 9.17) is 11.6 Å². The zero-order valence-corrected chi connectivity index (χ0v) is 16.6. The molecule has 1 fully saturated rings.